The van der Waals surface area contributed by atoms with Gasteiger partial charge >= 0.3 is 11.9 Å². The lowest BCUT2D eigenvalue weighted by Crippen LogP contribution is -2.05. The Labute approximate surface area is 161 Å². The van der Waals surface area contributed by atoms with Crippen molar-refractivity contribution in [2.75, 3.05) is 11.9 Å². The predicted octanol–water partition coefficient (Wildman–Crippen LogP) is 4.20. The highest BCUT2D eigenvalue weighted by Gasteiger charge is 2.16. The smallest absolute Gasteiger partial charge is 0.339 e. The second kappa shape index (κ2) is 8.37. The number of hydrogen-bond donors (Lipinski definition) is 3. The third-order valence-corrected chi connectivity index (χ3v) is 3.76. The van der Waals surface area contributed by atoms with E-state index in [1.54, 1.807) is 30.3 Å². The van der Waals surface area contributed by atoms with Crippen LogP contribution in [0.15, 0.2) is 48.7 Å². The number of pyridine rings is 1. The number of aromatic nitrogens is 1. The summed E-state index contributed by atoms with van der Waals surface area (Å²) in [5.41, 5.74) is 1.45. The minimum Gasteiger partial charge on any atom is -0.494 e. The van der Waals surface area contributed by atoms with Crippen LogP contribution >= 0.6 is 12.4 Å². The van der Waals surface area contributed by atoms with Crippen LogP contribution in [0.2, 0.25) is 0 Å². The Morgan fingerprint density at radius 1 is 1.11 bits per heavy atom. The summed E-state index contributed by atoms with van der Waals surface area (Å²) in [6, 6.07) is 11.4. The summed E-state index contributed by atoms with van der Waals surface area (Å²) < 4.78 is 5.49. The van der Waals surface area contributed by atoms with Crippen molar-refractivity contribution in [1.82, 2.24) is 4.98 Å². The van der Waals surface area contributed by atoms with E-state index >= 15 is 0 Å². The zero-order valence-electron chi connectivity index (χ0n) is 14.3. The van der Waals surface area contributed by atoms with E-state index in [2.05, 4.69) is 10.3 Å². The molecule has 1 aromatic heterocycles. The number of nitrogens with zero attached hydrogens (tertiary/aromatic N) is 1. The van der Waals surface area contributed by atoms with E-state index in [1.807, 2.05) is 6.92 Å². The van der Waals surface area contributed by atoms with Crippen LogP contribution in [0.1, 0.15) is 27.6 Å². The second-order valence-corrected chi connectivity index (χ2v) is 5.47. The zero-order chi connectivity index (χ0) is 18.7. The van der Waals surface area contributed by atoms with Crippen molar-refractivity contribution in [3.63, 3.8) is 0 Å². The summed E-state index contributed by atoms with van der Waals surface area (Å²) >= 11 is 0. The predicted molar refractivity (Wildman–Crippen MR) is 104 cm³/mol. The van der Waals surface area contributed by atoms with Crippen molar-refractivity contribution < 1.29 is 24.5 Å². The SMILES string of the molecule is CCOc1ccc2ncc(C(=O)O)c(Nc3cccc(C(=O)O)c3)c2c1.Cl. The zero-order valence-corrected chi connectivity index (χ0v) is 15.1. The molecule has 2 aromatic carbocycles. The molecule has 140 valence electrons. The number of ether oxygens (including phenoxy) is 1. The molecule has 0 radical (unpaired) electrons. The number of halogens is 1. The Kier molecular flexibility index (Phi) is 6.20. The first kappa shape index (κ1) is 20.0. The van der Waals surface area contributed by atoms with E-state index in [9.17, 15) is 14.7 Å². The number of aromatic carboxylic acids is 2. The average Bonchev–Trinajstić information content (AvgIpc) is 2.62. The Hall–Kier alpha value is -3.32. The molecule has 0 saturated carbocycles. The van der Waals surface area contributed by atoms with Gasteiger partial charge in [-0.2, -0.15) is 0 Å². The van der Waals surface area contributed by atoms with Crippen LogP contribution in [0.3, 0.4) is 0 Å². The molecule has 0 aliphatic rings. The summed E-state index contributed by atoms with van der Waals surface area (Å²) in [5, 5.41) is 22.2. The highest BCUT2D eigenvalue weighted by Crippen LogP contribution is 2.32. The molecular weight excluding hydrogens is 372 g/mol. The number of benzene rings is 2. The summed E-state index contributed by atoms with van der Waals surface area (Å²) in [6.45, 7) is 2.33. The number of carboxylic acids is 2. The van der Waals surface area contributed by atoms with Crippen LogP contribution in [0.25, 0.3) is 10.9 Å². The fourth-order valence-corrected chi connectivity index (χ4v) is 2.60. The minimum atomic E-state index is -1.14. The Morgan fingerprint density at radius 2 is 1.89 bits per heavy atom. The standard InChI is InChI=1S/C19H16N2O5.ClH/c1-2-26-13-6-7-16-14(9-13)17(15(10-20-16)19(24)25)21-12-5-3-4-11(8-12)18(22)23;/h3-10H,2H2,1H3,(H,20,21)(H,22,23)(H,24,25);1H. The second-order valence-electron chi connectivity index (χ2n) is 5.47. The minimum absolute atomic E-state index is 0. The Balaban J connectivity index is 0.00000261. The van der Waals surface area contributed by atoms with E-state index < -0.39 is 11.9 Å². The van der Waals surface area contributed by atoms with Gasteiger partial charge in [-0.25, -0.2) is 9.59 Å². The van der Waals surface area contributed by atoms with Crippen LogP contribution in [0.4, 0.5) is 11.4 Å². The highest BCUT2D eigenvalue weighted by atomic mass is 35.5. The number of hydrogen-bond acceptors (Lipinski definition) is 5. The molecule has 3 N–H and O–H groups in total. The molecule has 0 atom stereocenters. The van der Waals surface area contributed by atoms with E-state index in [0.29, 0.717) is 34.6 Å². The van der Waals surface area contributed by atoms with Gasteiger partial charge in [-0.3, -0.25) is 4.98 Å². The lowest BCUT2D eigenvalue weighted by molar-refractivity contribution is 0.0686. The molecule has 3 aromatic rings. The normalized spacial score (nSPS) is 10.1. The summed E-state index contributed by atoms with van der Waals surface area (Å²) in [4.78, 5) is 27.0. The molecular formula is C19H17ClN2O5. The van der Waals surface area contributed by atoms with Crippen LogP contribution in [-0.4, -0.2) is 33.7 Å². The van der Waals surface area contributed by atoms with Crippen molar-refractivity contribution in [1.29, 1.82) is 0 Å². The van der Waals surface area contributed by atoms with Crippen molar-refractivity contribution in [3.05, 3.63) is 59.8 Å². The number of anilines is 2. The first-order valence-electron chi connectivity index (χ1n) is 7.89. The van der Waals surface area contributed by atoms with E-state index in [-0.39, 0.29) is 23.5 Å². The third kappa shape index (κ3) is 4.27. The third-order valence-electron chi connectivity index (χ3n) is 3.76. The molecule has 0 saturated heterocycles. The Morgan fingerprint density at radius 3 is 2.56 bits per heavy atom. The average molecular weight is 389 g/mol. The summed E-state index contributed by atoms with van der Waals surface area (Å²) in [5.74, 6) is -1.62. The first-order valence-corrected chi connectivity index (χ1v) is 7.89. The summed E-state index contributed by atoms with van der Waals surface area (Å²) in [7, 11) is 0. The van der Waals surface area contributed by atoms with Crippen LogP contribution in [0, 0.1) is 0 Å². The van der Waals surface area contributed by atoms with E-state index in [1.165, 1.54) is 18.3 Å². The van der Waals surface area contributed by atoms with E-state index in [4.69, 9.17) is 9.84 Å². The largest absolute Gasteiger partial charge is 0.494 e. The molecule has 0 spiro atoms. The molecule has 0 aliphatic heterocycles. The van der Waals surface area contributed by atoms with Crippen molar-refractivity contribution in [3.8, 4) is 5.75 Å². The molecule has 0 aliphatic carbocycles. The van der Waals surface area contributed by atoms with Gasteiger partial charge in [0.1, 0.15) is 11.3 Å². The van der Waals surface area contributed by atoms with Crippen LogP contribution in [-0.2, 0) is 0 Å². The topological polar surface area (TPSA) is 109 Å². The number of carboxylic acid groups (broad SMARTS) is 2. The van der Waals surface area contributed by atoms with Gasteiger partial charge in [-0.05, 0) is 43.3 Å². The molecule has 0 amide bonds. The Bertz CT molecular complexity index is 1010. The summed E-state index contributed by atoms with van der Waals surface area (Å²) in [6.07, 6.45) is 1.27. The van der Waals surface area contributed by atoms with Gasteiger partial charge in [0, 0.05) is 17.3 Å². The maximum Gasteiger partial charge on any atom is 0.339 e. The molecule has 0 unspecified atom stereocenters. The van der Waals surface area contributed by atoms with Crippen molar-refractivity contribution in [2.24, 2.45) is 0 Å². The lowest BCUT2D eigenvalue weighted by Gasteiger charge is -2.14. The van der Waals surface area contributed by atoms with Gasteiger partial charge in [0.25, 0.3) is 0 Å². The van der Waals surface area contributed by atoms with Gasteiger partial charge in [0.05, 0.1) is 23.4 Å². The fraction of sp³-hybridized carbons (Fsp3) is 0.105. The number of nitrogens with one attached hydrogen (secondary N) is 1. The number of carbonyl (C=O) groups is 2. The van der Waals surface area contributed by atoms with Crippen LogP contribution in [0.5, 0.6) is 5.75 Å². The van der Waals surface area contributed by atoms with Crippen molar-refractivity contribution in [2.45, 2.75) is 6.92 Å². The van der Waals surface area contributed by atoms with Gasteiger partial charge in [0.15, 0.2) is 0 Å². The van der Waals surface area contributed by atoms with Crippen LogP contribution < -0.4 is 10.1 Å². The number of fused-ring (bicyclic) bond motifs is 1. The quantitative estimate of drug-likeness (QED) is 0.580. The molecule has 8 heteroatoms. The van der Waals surface area contributed by atoms with Gasteiger partial charge in [0.2, 0.25) is 0 Å². The molecule has 0 bridgehead atoms. The molecule has 27 heavy (non-hydrogen) atoms. The monoisotopic (exact) mass is 388 g/mol. The first-order chi connectivity index (χ1) is 12.5. The highest BCUT2D eigenvalue weighted by molar-refractivity contribution is 6.05. The van der Waals surface area contributed by atoms with Gasteiger partial charge in [-0.15, -0.1) is 12.4 Å². The molecule has 3 rings (SSSR count). The molecule has 0 fully saturated rings. The fourth-order valence-electron chi connectivity index (χ4n) is 2.60. The van der Waals surface area contributed by atoms with Gasteiger partial charge < -0.3 is 20.3 Å². The lowest BCUT2D eigenvalue weighted by atomic mass is 10.1. The van der Waals surface area contributed by atoms with Gasteiger partial charge in [-0.1, -0.05) is 6.07 Å². The molecule has 7 nitrogen and oxygen atoms in total. The maximum absolute atomic E-state index is 11.6. The van der Waals surface area contributed by atoms with E-state index in [0.717, 1.165) is 0 Å². The maximum atomic E-state index is 11.6. The van der Waals surface area contributed by atoms with Crippen molar-refractivity contribution >= 4 is 46.6 Å². The molecule has 1 heterocycles. The number of rotatable bonds is 6.